The lowest BCUT2D eigenvalue weighted by molar-refractivity contribution is 0.0920. The second kappa shape index (κ2) is 10.3. The summed E-state index contributed by atoms with van der Waals surface area (Å²) in [6.45, 7) is 7.19. The molecule has 1 saturated heterocycles. The van der Waals surface area contributed by atoms with Crippen molar-refractivity contribution in [2.45, 2.75) is 39.3 Å². The van der Waals surface area contributed by atoms with Crippen LogP contribution in [0.5, 0.6) is 5.88 Å². The van der Waals surface area contributed by atoms with Gasteiger partial charge in [-0.05, 0) is 57.5 Å². The lowest BCUT2D eigenvalue weighted by Crippen LogP contribution is -2.41. The third kappa shape index (κ3) is 5.98. The highest BCUT2D eigenvalue weighted by atomic mass is 35.5. The highest BCUT2D eigenvalue weighted by molar-refractivity contribution is 7.86. The summed E-state index contributed by atoms with van der Waals surface area (Å²) in [7, 11) is -0.923. The smallest absolute Gasteiger partial charge is 0.274 e. The second-order valence-corrected chi connectivity index (χ2v) is 11.5. The second-order valence-electron chi connectivity index (χ2n) is 9.59. The van der Waals surface area contributed by atoms with E-state index in [2.05, 4.69) is 20.7 Å². The average molecular weight is 541 g/mol. The van der Waals surface area contributed by atoms with Gasteiger partial charge in [-0.1, -0.05) is 11.6 Å². The highest BCUT2D eigenvalue weighted by Gasteiger charge is 2.30. The van der Waals surface area contributed by atoms with Crippen molar-refractivity contribution in [2.75, 3.05) is 16.8 Å². The predicted octanol–water partition coefficient (Wildman–Crippen LogP) is 3.39. The van der Waals surface area contributed by atoms with Crippen LogP contribution in [-0.4, -0.2) is 53.9 Å². The number of hydrogen-bond acceptors (Lipinski definition) is 7. The number of nitrogens with one attached hydrogen (secondary N) is 2. The zero-order chi connectivity index (χ0) is 26.9. The molecule has 12 heteroatoms. The minimum Gasteiger partial charge on any atom is -0.471 e. The van der Waals surface area contributed by atoms with E-state index < -0.39 is 28.2 Å². The molecule has 0 saturated carbocycles. The third-order valence-corrected chi connectivity index (χ3v) is 7.11. The number of pyridine rings is 1. The Bertz CT molecular complexity index is 1450. The Morgan fingerprint density at radius 2 is 1.97 bits per heavy atom. The first-order valence-electron chi connectivity index (χ1n) is 11.4. The third-order valence-electron chi connectivity index (χ3n) is 5.33. The molecule has 0 aliphatic carbocycles. The van der Waals surface area contributed by atoms with E-state index >= 15 is 0 Å². The van der Waals surface area contributed by atoms with E-state index in [1.54, 1.807) is 25.1 Å². The number of hydrogen-bond donors (Lipinski definition) is 2. The maximum Gasteiger partial charge on any atom is 0.274 e. The summed E-state index contributed by atoms with van der Waals surface area (Å²) in [4.78, 5) is 30.9. The first kappa shape index (κ1) is 26.3. The standard InChI is InChI=1S/C25H25ClN6O4S/c1-14-8-15(11-27)9-17(23(33)30-25(2,3)4)21(14)29-24(34)19-10-20(36-16-12-37(35)13-16)31-32(19)22-18(26)6-5-7-28-22/h5-10,16H,12-13H2,1-4H3,(H,29,34)(H,30,33). The Kier molecular flexibility index (Phi) is 7.34. The number of rotatable bonds is 6. The van der Waals surface area contributed by atoms with Crippen molar-refractivity contribution in [1.82, 2.24) is 20.1 Å². The van der Waals surface area contributed by atoms with Crippen molar-refractivity contribution in [1.29, 1.82) is 5.26 Å². The van der Waals surface area contributed by atoms with E-state index in [1.165, 1.54) is 23.0 Å². The first-order valence-corrected chi connectivity index (χ1v) is 13.2. The van der Waals surface area contributed by atoms with Crippen LogP contribution in [0.1, 0.15) is 52.7 Å². The van der Waals surface area contributed by atoms with Crippen molar-refractivity contribution in [3.63, 3.8) is 0 Å². The van der Waals surface area contributed by atoms with Crippen molar-refractivity contribution < 1.29 is 18.5 Å². The number of halogens is 1. The molecule has 3 heterocycles. The summed E-state index contributed by atoms with van der Waals surface area (Å²) < 4.78 is 18.5. The number of benzene rings is 1. The Labute approximate surface area is 221 Å². The van der Waals surface area contributed by atoms with E-state index in [0.717, 1.165) is 0 Å². The van der Waals surface area contributed by atoms with Gasteiger partial charge in [0.2, 0.25) is 5.88 Å². The van der Waals surface area contributed by atoms with E-state index in [4.69, 9.17) is 16.3 Å². The fourth-order valence-electron chi connectivity index (χ4n) is 3.66. The molecule has 1 aliphatic heterocycles. The number of anilines is 1. The molecule has 2 aromatic heterocycles. The quantitative estimate of drug-likeness (QED) is 0.488. The minimum absolute atomic E-state index is 0.0574. The van der Waals surface area contributed by atoms with Gasteiger partial charge in [0.15, 0.2) is 5.82 Å². The predicted molar refractivity (Wildman–Crippen MR) is 140 cm³/mol. The molecule has 1 aliphatic rings. The number of aromatic nitrogens is 3. The zero-order valence-corrected chi connectivity index (χ0v) is 22.2. The number of carbonyl (C=O) groups is 2. The molecule has 0 radical (unpaired) electrons. The van der Waals surface area contributed by atoms with Crippen LogP contribution in [0.25, 0.3) is 5.82 Å². The molecule has 3 aromatic rings. The summed E-state index contributed by atoms with van der Waals surface area (Å²) in [5.74, 6) is 0.0924. The van der Waals surface area contributed by atoms with E-state index in [0.29, 0.717) is 17.1 Å². The van der Waals surface area contributed by atoms with Crippen LogP contribution in [0.4, 0.5) is 5.69 Å². The molecule has 0 spiro atoms. The van der Waals surface area contributed by atoms with Gasteiger partial charge < -0.3 is 15.4 Å². The Morgan fingerprint density at radius 1 is 1.24 bits per heavy atom. The van der Waals surface area contributed by atoms with E-state index in [1.807, 2.05) is 26.8 Å². The summed E-state index contributed by atoms with van der Waals surface area (Å²) in [5.41, 5.74) is 0.732. The molecule has 0 unspecified atom stereocenters. The van der Waals surface area contributed by atoms with Gasteiger partial charge >= 0.3 is 0 Å². The van der Waals surface area contributed by atoms with Gasteiger partial charge in [-0.15, -0.1) is 5.10 Å². The van der Waals surface area contributed by atoms with Gasteiger partial charge in [0.05, 0.1) is 39.4 Å². The number of aryl methyl sites for hydroxylation is 1. The number of ether oxygens (including phenoxy) is 1. The molecular weight excluding hydrogens is 516 g/mol. The molecule has 1 fully saturated rings. The Morgan fingerprint density at radius 3 is 2.59 bits per heavy atom. The Hall–Kier alpha value is -3.75. The summed E-state index contributed by atoms with van der Waals surface area (Å²) >= 11 is 6.34. The molecule has 0 bridgehead atoms. The van der Waals surface area contributed by atoms with Gasteiger partial charge in [-0.2, -0.15) is 5.26 Å². The first-order chi connectivity index (χ1) is 17.4. The highest BCUT2D eigenvalue weighted by Crippen LogP contribution is 2.27. The van der Waals surface area contributed by atoms with Crippen LogP contribution in [0.15, 0.2) is 36.5 Å². The molecule has 4 rings (SSSR count). The van der Waals surface area contributed by atoms with Crippen LogP contribution in [0.3, 0.4) is 0 Å². The van der Waals surface area contributed by atoms with Crippen LogP contribution in [0, 0.1) is 18.3 Å². The van der Waals surface area contributed by atoms with Crippen LogP contribution < -0.4 is 15.4 Å². The fraction of sp³-hybridized carbons (Fsp3) is 0.320. The lowest BCUT2D eigenvalue weighted by Gasteiger charge is -2.24. The molecule has 0 atom stereocenters. The number of carbonyl (C=O) groups excluding carboxylic acids is 2. The van der Waals surface area contributed by atoms with Crippen LogP contribution in [0.2, 0.25) is 5.02 Å². The topological polar surface area (TPSA) is 139 Å². The fourth-order valence-corrected chi connectivity index (χ4v) is 4.73. The molecule has 37 heavy (non-hydrogen) atoms. The van der Waals surface area contributed by atoms with Crippen molar-refractivity contribution >= 4 is 39.9 Å². The maximum absolute atomic E-state index is 13.6. The molecule has 2 amide bonds. The molecule has 1 aromatic carbocycles. The number of nitrogens with zero attached hydrogens (tertiary/aromatic N) is 4. The SMILES string of the molecule is Cc1cc(C#N)cc(C(=O)NC(C)(C)C)c1NC(=O)c1cc(OC2CS(=O)C2)nn1-c1ncccc1Cl. The monoisotopic (exact) mass is 540 g/mol. The summed E-state index contributed by atoms with van der Waals surface area (Å²) in [6.07, 6.45) is 1.24. The van der Waals surface area contributed by atoms with Gasteiger partial charge in [-0.3, -0.25) is 13.8 Å². The lowest BCUT2D eigenvalue weighted by atomic mass is 10.0. The Balaban J connectivity index is 1.73. The van der Waals surface area contributed by atoms with E-state index in [-0.39, 0.29) is 45.3 Å². The van der Waals surface area contributed by atoms with Gasteiger partial charge in [0.25, 0.3) is 11.8 Å². The van der Waals surface area contributed by atoms with Crippen LogP contribution in [-0.2, 0) is 10.8 Å². The molecule has 10 nitrogen and oxygen atoms in total. The summed E-state index contributed by atoms with van der Waals surface area (Å²) in [5, 5.41) is 19.7. The van der Waals surface area contributed by atoms with Crippen molar-refractivity contribution in [3.05, 3.63) is 63.9 Å². The number of amides is 2. The van der Waals surface area contributed by atoms with Gasteiger partial charge in [-0.25, -0.2) is 9.67 Å². The van der Waals surface area contributed by atoms with Gasteiger partial charge in [0.1, 0.15) is 11.8 Å². The largest absolute Gasteiger partial charge is 0.471 e. The number of nitriles is 1. The van der Waals surface area contributed by atoms with Crippen LogP contribution >= 0.6 is 11.6 Å². The molecular formula is C25H25ClN6O4S. The maximum atomic E-state index is 13.6. The van der Waals surface area contributed by atoms with Crippen molar-refractivity contribution in [3.8, 4) is 17.8 Å². The molecule has 2 N–H and O–H groups in total. The van der Waals surface area contributed by atoms with Gasteiger partial charge in [0, 0.05) is 28.6 Å². The van der Waals surface area contributed by atoms with E-state index in [9.17, 15) is 19.1 Å². The zero-order valence-electron chi connectivity index (χ0n) is 20.7. The normalized spacial score (nSPS) is 16.9. The van der Waals surface area contributed by atoms with Crippen molar-refractivity contribution in [2.24, 2.45) is 0 Å². The minimum atomic E-state index is -0.923. The average Bonchev–Trinajstić information content (AvgIpc) is 3.22. The summed E-state index contributed by atoms with van der Waals surface area (Å²) in [6, 6.07) is 9.76. The molecule has 192 valence electrons.